The zero-order valence-electron chi connectivity index (χ0n) is 7.47. The van der Waals surface area contributed by atoms with Crippen molar-refractivity contribution in [2.45, 2.75) is 33.6 Å². The van der Waals surface area contributed by atoms with Gasteiger partial charge in [-0.25, -0.2) is 8.78 Å². The van der Waals surface area contributed by atoms with Gasteiger partial charge in [-0.2, -0.15) is 0 Å². The lowest BCUT2D eigenvalue weighted by molar-refractivity contribution is -0.148. The number of hydrogen-bond acceptors (Lipinski definition) is 1. The van der Waals surface area contributed by atoms with Gasteiger partial charge in [-0.15, -0.1) is 0 Å². The Labute approximate surface area is 70.6 Å². The number of carbonyl (C=O) groups is 1. The van der Waals surface area contributed by atoms with Crippen molar-refractivity contribution >= 4 is 5.97 Å². The summed E-state index contributed by atoms with van der Waals surface area (Å²) in [4.78, 5) is 10.3. The molecule has 0 aromatic heterocycles. The molecule has 0 rings (SSSR count). The normalized spacial score (nSPS) is 14.8. The third-order valence-electron chi connectivity index (χ3n) is 1.45. The second kappa shape index (κ2) is 3.83. The van der Waals surface area contributed by atoms with Crippen molar-refractivity contribution in [3.05, 3.63) is 0 Å². The molecule has 0 heterocycles. The number of halogens is 2. The third-order valence-corrected chi connectivity index (χ3v) is 1.45. The fraction of sp³-hybridized carbons (Fsp3) is 0.875. The van der Waals surface area contributed by atoms with Crippen LogP contribution in [0.15, 0.2) is 0 Å². The van der Waals surface area contributed by atoms with Crippen LogP contribution in [0, 0.1) is 11.3 Å². The number of alkyl halides is 2. The van der Waals surface area contributed by atoms with Crippen molar-refractivity contribution in [2.24, 2.45) is 11.3 Å². The molecule has 0 aliphatic carbocycles. The topological polar surface area (TPSA) is 37.3 Å². The Hall–Kier alpha value is -0.670. The van der Waals surface area contributed by atoms with Crippen molar-refractivity contribution in [1.82, 2.24) is 0 Å². The van der Waals surface area contributed by atoms with Gasteiger partial charge in [0.1, 0.15) is 5.92 Å². The molecule has 0 aliphatic heterocycles. The van der Waals surface area contributed by atoms with Crippen molar-refractivity contribution in [1.29, 1.82) is 0 Å². The Bertz CT molecular complexity index is 161. The first kappa shape index (κ1) is 11.3. The summed E-state index contributed by atoms with van der Waals surface area (Å²) in [7, 11) is 0. The number of carboxylic acid groups (broad SMARTS) is 1. The molecule has 0 bridgehead atoms. The lowest BCUT2D eigenvalue weighted by Crippen LogP contribution is -2.26. The van der Waals surface area contributed by atoms with E-state index in [1.807, 2.05) is 0 Å². The van der Waals surface area contributed by atoms with E-state index in [-0.39, 0.29) is 11.8 Å². The number of rotatable bonds is 3. The molecule has 0 amide bonds. The van der Waals surface area contributed by atoms with Crippen LogP contribution in [0.4, 0.5) is 8.78 Å². The van der Waals surface area contributed by atoms with Gasteiger partial charge in [-0.1, -0.05) is 20.8 Å². The summed E-state index contributed by atoms with van der Waals surface area (Å²) in [5.41, 5.74) is -0.376. The molecular formula is C8H14F2O2. The number of carboxylic acids is 1. The van der Waals surface area contributed by atoms with Gasteiger partial charge in [0.15, 0.2) is 0 Å². The minimum absolute atomic E-state index is 0. The van der Waals surface area contributed by atoms with Gasteiger partial charge in [0.05, 0.1) is 0 Å². The maximum Gasteiger partial charge on any atom is 0.312 e. The molecule has 0 aromatic carbocycles. The Morgan fingerprint density at radius 3 is 1.92 bits per heavy atom. The highest BCUT2D eigenvalue weighted by Gasteiger charge is 2.32. The van der Waals surface area contributed by atoms with E-state index < -0.39 is 18.3 Å². The minimum atomic E-state index is -2.78. The average Bonchev–Trinajstić information content (AvgIpc) is 1.79. The number of hydrogen-bond donors (Lipinski definition) is 1. The van der Waals surface area contributed by atoms with Crippen molar-refractivity contribution < 1.29 is 18.7 Å². The van der Waals surface area contributed by atoms with Gasteiger partial charge in [0, 0.05) is 0 Å². The summed E-state index contributed by atoms with van der Waals surface area (Å²) in [5.74, 6) is -2.95. The van der Waals surface area contributed by atoms with Gasteiger partial charge in [-0.05, 0) is 11.8 Å². The van der Waals surface area contributed by atoms with Gasteiger partial charge in [0.25, 0.3) is 6.43 Å². The molecule has 1 atom stereocenters. The highest BCUT2D eigenvalue weighted by Crippen LogP contribution is 2.28. The largest absolute Gasteiger partial charge is 0.481 e. The first-order chi connectivity index (χ1) is 5.24. The van der Waals surface area contributed by atoms with Crippen LogP contribution in [-0.2, 0) is 4.79 Å². The Morgan fingerprint density at radius 2 is 1.83 bits per heavy atom. The molecule has 0 saturated carbocycles. The molecule has 0 aliphatic rings. The molecule has 2 nitrogen and oxygen atoms in total. The van der Waals surface area contributed by atoms with Gasteiger partial charge in [-0.3, -0.25) is 4.79 Å². The Morgan fingerprint density at radius 1 is 1.42 bits per heavy atom. The van der Waals surface area contributed by atoms with E-state index in [4.69, 9.17) is 5.11 Å². The van der Waals surface area contributed by atoms with Crippen molar-refractivity contribution in [2.75, 3.05) is 0 Å². The summed E-state index contributed by atoms with van der Waals surface area (Å²) in [5, 5.41) is 8.43. The van der Waals surface area contributed by atoms with Crippen LogP contribution in [0.3, 0.4) is 0 Å². The van der Waals surface area contributed by atoms with E-state index in [1.165, 1.54) is 0 Å². The summed E-state index contributed by atoms with van der Waals surface area (Å²) in [6, 6.07) is 0. The first-order valence-corrected chi connectivity index (χ1v) is 3.75. The smallest absolute Gasteiger partial charge is 0.312 e. The lowest BCUT2D eigenvalue weighted by atomic mass is 9.85. The van der Waals surface area contributed by atoms with Crippen LogP contribution in [0.25, 0.3) is 0 Å². The van der Waals surface area contributed by atoms with Crippen LogP contribution in [-0.4, -0.2) is 17.5 Å². The molecule has 0 fully saturated rings. The van der Waals surface area contributed by atoms with Gasteiger partial charge >= 0.3 is 5.97 Å². The molecular weight excluding hydrogens is 166 g/mol. The highest BCUT2D eigenvalue weighted by atomic mass is 19.3. The first-order valence-electron chi connectivity index (χ1n) is 3.75. The van der Waals surface area contributed by atoms with Crippen LogP contribution < -0.4 is 0 Å². The van der Waals surface area contributed by atoms with E-state index in [0.29, 0.717) is 0 Å². The van der Waals surface area contributed by atoms with Gasteiger partial charge < -0.3 is 5.11 Å². The van der Waals surface area contributed by atoms with Crippen LogP contribution in [0.1, 0.15) is 27.2 Å². The minimum Gasteiger partial charge on any atom is -0.481 e. The quantitative estimate of drug-likeness (QED) is 0.724. The highest BCUT2D eigenvalue weighted by molar-refractivity contribution is 5.70. The molecule has 0 saturated heterocycles. The molecule has 1 unspecified atom stereocenters. The molecule has 0 spiro atoms. The standard InChI is InChI=1S/C8H14F2O2/c1-8(2,3)4-5(6(9)10)7(11)12/h5-6H,4H2,1-3H3,(H,11,12). The van der Waals surface area contributed by atoms with Crippen LogP contribution in [0.2, 0.25) is 0 Å². The fourth-order valence-corrected chi connectivity index (χ4v) is 0.944. The zero-order chi connectivity index (χ0) is 9.94. The summed E-state index contributed by atoms with van der Waals surface area (Å²) in [6.07, 6.45) is -2.78. The van der Waals surface area contributed by atoms with E-state index in [2.05, 4.69) is 0 Å². The fourth-order valence-electron chi connectivity index (χ4n) is 0.944. The molecule has 0 aromatic rings. The van der Waals surface area contributed by atoms with Crippen LogP contribution >= 0.6 is 0 Å². The maximum atomic E-state index is 12.1. The second-order valence-electron chi connectivity index (χ2n) is 4.04. The lowest BCUT2D eigenvalue weighted by Gasteiger charge is -2.22. The van der Waals surface area contributed by atoms with E-state index >= 15 is 0 Å². The molecule has 0 radical (unpaired) electrons. The van der Waals surface area contributed by atoms with Gasteiger partial charge in [0.2, 0.25) is 0 Å². The summed E-state index contributed by atoms with van der Waals surface area (Å²) < 4.78 is 24.2. The Balaban J connectivity index is 4.25. The van der Waals surface area contributed by atoms with Crippen molar-refractivity contribution in [3.8, 4) is 0 Å². The zero-order valence-corrected chi connectivity index (χ0v) is 7.47. The third kappa shape index (κ3) is 4.26. The van der Waals surface area contributed by atoms with E-state index in [1.54, 1.807) is 20.8 Å². The Kier molecular flexibility index (Phi) is 3.61. The SMILES string of the molecule is CC(C)(C)CC(C(=O)O)C(F)F. The summed E-state index contributed by atoms with van der Waals surface area (Å²) in [6.45, 7) is 5.22. The predicted octanol–water partition coefficient (Wildman–Crippen LogP) is 2.39. The average molecular weight is 180 g/mol. The van der Waals surface area contributed by atoms with E-state index in [9.17, 15) is 13.6 Å². The molecule has 4 heteroatoms. The summed E-state index contributed by atoms with van der Waals surface area (Å²) >= 11 is 0. The molecule has 12 heavy (non-hydrogen) atoms. The maximum absolute atomic E-state index is 12.1. The van der Waals surface area contributed by atoms with Crippen molar-refractivity contribution in [3.63, 3.8) is 0 Å². The molecule has 1 N–H and O–H groups in total. The molecule has 72 valence electrons. The van der Waals surface area contributed by atoms with Crippen LogP contribution in [0.5, 0.6) is 0 Å². The predicted molar refractivity (Wildman–Crippen MR) is 41.2 cm³/mol. The second-order valence-corrected chi connectivity index (χ2v) is 4.04. The monoisotopic (exact) mass is 180 g/mol. The van der Waals surface area contributed by atoms with E-state index in [0.717, 1.165) is 0 Å². The number of aliphatic carboxylic acids is 1.